The van der Waals surface area contributed by atoms with Gasteiger partial charge in [0.25, 0.3) is 11.8 Å². The first kappa shape index (κ1) is 26.7. The molecule has 7 nitrogen and oxygen atoms in total. The lowest BCUT2D eigenvalue weighted by atomic mass is 10.1. The highest BCUT2D eigenvalue weighted by Gasteiger charge is 2.37. The first-order valence-corrected chi connectivity index (χ1v) is 12.7. The van der Waals surface area contributed by atoms with E-state index >= 15 is 0 Å². The number of nitrogens with one attached hydrogen (secondary N) is 1. The fraction of sp³-hybridized carbons (Fsp3) is 0.148. The summed E-state index contributed by atoms with van der Waals surface area (Å²) >= 11 is 15.8. The molecule has 3 aromatic rings. The monoisotopic (exact) mass is 602 g/mol. The molecule has 0 bridgehead atoms. The molecule has 1 heterocycles. The molecule has 0 unspecified atom stereocenters. The Morgan fingerprint density at radius 1 is 1.03 bits per heavy atom. The highest BCUT2D eigenvalue weighted by Crippen LogP contribution is 2.39. The molecule has 4 rings (SSSR count). The third kappa shape index (κ3) is 5.82. The molecule has 3 aromatic carbocycles. The first-order valence-electron chi connectivity index (χ1n) is 11.2. The molecule has 0 aromatic heterocycles. The van der Waals surface area contributed by atoms with Crippen LogP contribution in [0.1, 0.15) is 23.6 Å². The molecule has 10 heteroatoms. The highest BCUT2D eigenvalue weighted by molar-refractivity contribution is 9.10. The second kappa shape index (κ2) is 11.4. The number of halogens is 3. The zero-order chi connectivity index (χ0) is 26.7. The zero-order valence-electron chi connectivity index (χ0n) is 19.8. The lowest BCUT2D eigenvalue weighted by molar-refractivity contribution is -0.122. The van der Waals surface area contributed by atoms with E-state index in [9.17, 15) is 14.4 Å². The summed E-state index contributed by atoms with van der Waals surface area (Å²) in [5, 5.41) is 3.15. The number of imide groups is 2. The Morgan fingerprint density at radius 3 is 2.51 bits per heavy atom. The third-order valence-corrected chi connectivity index (χ3v) is 6.68. The number of barbiturate groups is 1. The van der Waals surface area contributed by atoms with E-state index < -0.39 is 17.8 Å². The predicted molar refractivity (Wildman–Crippen MR) is 146 cm³/mol. The number of nitrogens with zero attached hydrogens (tertiary/aromatic N) is 1. The molecule has 1 aliphatic rings. The van der Waals surface area contributed by atoms with Crippen LogP contribution < -0.4 is 19.7 Å². The Morgan fingerprint density at radius 2 is 1.78 bits per heavy atom. The smallest absolute Gasteiger partial charge is 0.335 e. The van der Waals surface area contributed by atoms with Gasteiger partial charge in [0.05, 0.1) is 16.8 Å². The van der Waals surface area contributed by atoms with Crippen LogP contribution in [0.25, 0.3) is 6.08 Å². The van der Waals surface area contributed by atoms with E-state index in [1.54, 1.807) is 37.3 Å². The lowest BCUT2D eigenvalue weighted by Gasteiger charge is -2.27. The molecular weight excluding hydrogens is 583 g/mol. The van der Waals surface area contributed by atoms with Crippen LogP contribution in [-0.4, -0.2) is 24.5 Å². The molecule has 0 radical (unpaired) electrons. The van der Waals surface area contributed by atoms with Gasteiger partial charge >= 0.3 is 6.03 Å². The molecule has 1 fully saturated rings. The molecule has 1 aliphatic heterocycles. The van der Waals surface area contributed by atoms with E-state index in [0.717, 1.165) is 10.5 Å². The van der Waals surface area contributed by atoms with Crippen molar-refractivity contribution in [3.8, 4) is 11.5 Å². The number of amides is 4. The van der Waals surface area contributed by atoms with Crippen molar-refractivity contribution in [1.82, 2.24) is 5.32 Å². The van der Waals surface area contributed by atoms with Gasteiger partial charge in [0.2, 0.25) is 0 Å². The predicted octanol–water partition coefficient (Wildman–Crippen LogP) is 6.71. The molecule has 0 aliphatic carbocycles. The van der Waals surface area contributed by atoms with Gasteiger partial charge in [0, 0.05) is 15.6 Å². The van der Waals surface area contributed by atoms with Gasteiger partial charge in [0.1, 0.15) is 12.2 Å². The van der Waals surface area contributed by atoms with E-state index in [2.05, 4.69) is 21.2 Å². The standard InChI is InChI=1S/C27H21BrCl2N2O5/c1-3-36-23-12-16(11-20(28)24(23)37-14-17-6-4-5-7-21(17)30)10-19-25(33)31-27(35)32(26(19)34)22-13-18(29)9-8-15(22)2/h4-13H,3,14H2,1-2H3,(H,31,33,35)/b19-10+. The Labute approximate surface area is 232 Å². The minimum atomic E-state index is -0.850. The minimum Gasteiger partial charge on any atom is -0.490 e. The van der Waals surface area contributed by atoms with Crippen LogP contribution in [0.15, 0.2) is 64.6 Å². The number of benzene rings is 3. The Hall–Kier alpha value is -3.33. The summed E-state index contributed by atoms with van der Waals surface area (Å²) in [4.78, 5) is 39.4. The normalized spacial score (nSPS) is 14.7. The summed E-state index contributed by atoms with van der Waals surface area (Å²) in [6, 6.07) is 14.6. The molecule has 0 saturated carbocycles. The Bertz CT molecular complexity index is 1440. The molecular formula is C27H21BrCl2N2O5. The summed E-state index contributed by atoms with van der Waals surface area (Å²) < 4.78 is 12.3. The van der Waals surface area contributed by atoms with Crippen LogP contribution in [0.5, 0.6) is 11.5 Å². The van der Waals surface area contributed by atoms with Gasteiger partial charge in [-0.1, -0.05) is 47.5 Å². The second-order valence-electron chi connectivity index (χ2n) is 8.03. The summed E-state index contributed by atoms with van der Waals surface area (Å²) in [6.45, 7) is 4.12. The zero-order valence-corrected chi connectivity index (χ0v) is 22.9. The number of carbonyl (C=O) groups excluding carboxylic acids is 3. The van der Waals surface area contributed by atoms with Crippen molar-refractivity contribution in [1.29, 1.82) is 0 Å². The van der Waals surface area contributed by atoms with Crippen molar-refractivity contribution in [2.75, 3.05) is 11.5 Å². The maximum atomic E-state index is 13.3. The summed E-state index contributed by atoms with van der Waals surface area (Å²) in [5.74, 6) is -0.737. The van der Waals surface area contributed by atoms with Crippen molar-refractivity contribution in [3.63, 3.8) is 0 Å². The van der Waals surface area contributed by atoms with Crippen molar-refractivity contribution >= 4 is 68.7 Å². The van der Waals surface area contributed by atoms with Gasteiger partial charge in [-0.15, -0.1) is 0 Å². The topological polar surface area (TPSA) is 84.9 Å². The number of urea groups is 1. The van der Waals surface area contributed by atoms with E-state index in [-0.39, 0.29) is 17.9 Å². The molecule has 1 saturated heterocycles. The van der Waals surface area contributed by atoms with Crippen LogP contribution in [0.4, 0.5) is 10.5 Å². The van der Waals surface area contributed by atoms with Crippen molar-refractivity contribution in [3.05, 3.63) is 91.4 Å². The molecule has 4 amide bonds. The van der Waals surface area contributed by atoms with Gasteiger partial charge in [0.15, 0.2) is 11.5 Å². The van der Waals surface area contributed by atoms with E-state index in [1.807, 2.05) is 25.1 Å². The number of carbonyl (C=O) groups is 3. The van der Waals surface area contributed by atoms with Gasteiger partial charge in [-0.05, 0) is 77.3 Å². The summed E-state index contributed by atoms with van der Waals surface area (Å²) in [7, 11) is 0. The first-order chi connectivity index (χ1) is 17.7. The maximum absolute atomic E-state index is 13.3. The van der Waals surface area contributed by atoms with Gasteiger partial charge < -0.3 is 9.47 Å². The second-order valence-corrected chi connectivity index (χ2v) is 9.73. The van der Waals surface area contributed by atoms with Gasteiger partial charge in [-0.2, -0.15) is 0 Å². The maximum Gasteiger partial charge on any atom is 0.335 e. The summed E-state index contributed by atoms with van der Waals surface area (Å²) in [6.07, 6.45) is 1.39. The van der Waals surface area contributed by atoms with Crippen LogP contribution in [0.2, 0.25) is 10.0 Å². The number of hydrogen-bond donors (Lipinski definition) is 1. The average Bonchev–Trinajstić information content (AvgIpc) is 2.84. The number of anilines is 1. The van der Waals surface area contributed by atoms with E-state index in [4.69, 9.17) is 32.7 Å². The van der Waals surface area contributed by atoms with Crippen molar-refractivity contribution in [2.45, 2.75) is 20.5 Å². The van der Waals surface area contributed by atoms with Gasteiger partial charge in [-0.3, -0.25) is 14.9 Å². The minimum absolute atomic E-state index is 0.204. The van der Waals surface area contributed by atoms with Crippen molar-refractivity contribution in [2.24, 2.45) is 0 Å². The summed E-state index contributed by atoms with van der Waals surface area (Å²) in [5.41, 5.74) is 1.99. The molecule has 37 heavy (non-hydrogen) atoms. The molecule has 190 valence electrons. The quantitative estimate of drug-likeness (QED) is 0.240. The molecule has 1 N–H and O–H groups in total. The van der Waals surface area contributed by atoms with Crippen LogP contribution in [0.3, 0.4) is 0 Å². The number of hydrogen-bond acceptors (Lipinski definition) is 5. The largest absolute Gasteiger partial charge is 0.490 e. The van der Waals surface area contributed by atoms with E-state index in [0.29, 0.717) is 43.8 Å². The number of aryl methyl sites for hydroxylation is 1. The fourth-order valence-corrected chi connectivity index (χ4v) is 4.64. The van der Waals surface area contributed by atoms with Crippen LogP contribution in [-0.2, 0) is 16.2 Å². The van der Waals surface area contributed by atoms with E-state index in [1.165, 1.54) is 12.1 Å². The fourth-order valence-electron chi connectivity index (χ4n) is 3.71. The Balaban J connectivity index is 1.69. The van der Waals surface area contributed by atoms with Crippen LogP contribution in [0, 0.1) is 6.92 Å². The lowest BCUT2D eigenvalue weighted by Crippen LogP contribution is -2.54. The van der Waals surface area contributed by atoms with Crippen molar-refractivity contribution < 1.29 is 23.9 Å². The number of rotatable bonds is 7. The third-order valence-electron chi connectivity index (χ3n) is 5.49. The SMILES string of the molecule is CCOc1cc(/C=C2\C(=O)NC(=O)N(c3cc(Cl)ccc3C)C2=O)cc(Br)c1OCc1ccccc1Cl. The number of ether oxygens (including phenoxy) is 2. The Kier molecular flexibility index (Phi) is 8.22. The molecule has 0 atom stereocenters. The average molecular weight is 604 g/mol. The highest BCUT2D eigenvalue weighted by atomic mass is 79.9. The molecule has 0 spiro atoms. The van der Waals surface area contributed by atoms with Gasteiger partial charge in [-0.25, -0.2) is 9.69 Å². The van der Waals surface area contributed by atoms with Crippen LogP contribution >= 0.6 is 39.1 Å².